The Morgan fingerprint density at radius 1 is 1.22 bits per heavy atom. The molecule has 0 bridgehead atoms. The van der Waals surface area contributed by atoms with Gasteiger partial charge in [0, 0.05) is 0 Å². The lowest BCUT2D eigenvalue weighted by Gasteiger charge is -2.09. The van der Waals surface area contributed by atoms with Crippen LogP contribution in [0.5, 0.6) is 0 Å². The van der Waals surface area contributed by atoms with Crippen LogP contribution in [0, 0.1) is 5.92 Å². The molecule has 0 aliphatic rings. The van der Waals surface area contributed by atoms with Crippen molar-refractivity contribution in [2.24, 2.45) is 5.92 Å². The quantitative estimate of drug-likeness (QED) is 0.561. The minimum atomic E-state index is 0.866. The molecule has 0 N–H and O–H groups in total. The average Bonchev–Trinajstić information content (AvgIpc) is 1.63. The maximum Gasteiger partial charge on any atom is -0.00247 e. The van der Waals surface area contributed by atoms with Gasteiger partial charge in [-0.3, -0.25) is 0 Å². The molecule has 0 heterocycles. The zero-order chi connectivity index (χ0) is 7.28. The lowest BCUT2D eigenvalue weighted by atomic mass is 10.1. The van der Waals surface area contributed by atoms with E-state index in [-0.39, 0.29) is 0 Å². The van der Waals surface area contributed by atoms with Crippen LogP contribution in [0.3, 0.4) is 0 Å². The molecule has 0 atom stereocenters. The molecule has 0 saturated heterocycles. The zero-order valence-electron chi connectivity index (χ0n) is 7.15. The van der Waals surface area contributed by atoms with E-state index in [1.54, 1.807) is 0 Å². The van der Waals surface area contributed by atoms with Gasteiger partial charge in [0.05, 0.1) is 0 Å². The topological polar surface area (TPSA) is 3.24 Å². The monoisotopic (exact) mass is 129 g/mol. The van der Waals surface area contributed by atoms with Crippen LogP contribution in [-0.4, -0.2) is 25.5 Å². The second kappa shape index (κ2) is 4.80. The molecule has 0 fully saturated rings. The van der Waals surface area contributed by atoms with Crippen molar-refractivity contribution in [3.05, 3.63) is 0 Å². The van der Waals surface area contributed by atoms with E-state index >= 15 is 0 Å². The van der Waals surface area contributed by atoms with E-state index in [1.165, 1.54) is 19.4 Å². The maximum absolute atomic E-state index is 2.27. The molecule has 0 unspecified atom stereocenters. The Morgan fingerprint density at radius 3 is 2.11 bits per heavy atom. The lowest BCUT2D eigenvalue weighted by molar-refractivity contribution is 0.378. The summed E-state index contributed by atoms with van der Waals surface area (Å²) in [5.74, 6) is 0.866. The van der Waals surface area contributed by atoms with Crippen molar-refractivity contribution in [2.75, 3.05) is 20.6 Å². The number of nitrogens with zero attached hydrogens (tertiary/aromatic N) is 1. The summed E-state index contributed by atoms with van der Waals surface area (Å²) >= 11 is 0. The Morgan fingerprint density at radius 2 is 1.78 bits per heavy atom. The predicted octanol–water partition coefficient (Wildman–Crippen LogP) is 1.98. The highest BCUT2D eigenvalue weighted by molar-refractivity contribution is 4.48. The molecular formula is C8H19N. The highest BCUT2D eigenvalue weighted by atomic mass is 15.0. The Bertz CT molecular complexity index is 49.6. The van der Waals surface area contributed by atoms with Crippen LogP contribution < -0.4 is 0 Å². The van der Waals surface area contributed by atoms with Crippen LogP contribution in [0.1, 0.15) is 26.7 Å². The number of hydrogen-bond acceptors (Lipinski definition) is 1. The van der Waals surface area contributed by atoms with E-state index in [0.29, 0.717) is 0 Å². The van der Waals surface area contributed by atoms with Crippen LogP contribution in [0.4, 0.5) is 0 Å². The predicted molar refractivity (Wildman–Crippen MR) is 42.6 cm³/mol. The zero-order valence-corrected chi connectivity index (χ0v) is 7.15. The van der Waals surface area contributed by atoms with Crippen LogP contribution in [0.25, 0.3) is 0 Å². The summed E-state index contributed by atoms with van der Waals surface area (Å²) < 4.78 is 0. The molecule has 0 aliphatic carbocycles. The van der Waals surface area contributed by atoms with Crippen molar-refractivity contribution < 1.29 is 0 Å². The summed E-state index contributed by atoms with van der Waals surface area (Å²) in [6.45, 7) is 5.78. The van der Waals surface area contributed by atoms with Crippen LogP contribution in [0.2, 0.25) is 0 Å². The number of rotatable bonds is 4. The van der Waals surface area contributed by atoms with Gasteiger partial charge in [-0.2, -0.15) is 0 Å². The molecule has 0 radical (unpaired) electrons. The van der Waals surface area contributed by atoms with Crippen LogP contribution >= 0.6 is 0 Å². The van der Waals surface area contributed by atoms with Gasteiger partial charge in [0.1, 0.15) is 0 Å². The standard InChI is InChI=1S/C8H19N/c1-8(2)6-5-7-9(3)4/h8H,5-7H2,1-4H3. The summed E-state index contributed by atoms with van der Waals surface area (Å²) in [5.41, 5.74) is 0. The Labute approximate surface area is 59.1 Å². The van der Waals surface area contributed by atoms with Gasteiger partial charge in [0.25, 0.3) is 0 Å². The first-order valence-electron chi connectivity index (χ1n) is 3.77. The van der Waals surface area contributed by atoms with Crippen LogP contribution in [-0.2, 0) is 0 Å². The third-order valence-corrected chi connectivity index (χ3v) is 1.39. The molecule has 0 aromatic rings. The molecule has 0 aromatic carbocycles. The molecule has 0 saturated carbocycles. The molecule has 0 aromatic heterocycles. The summed E-state index contributed by atoms with van der Waals surface area (Å²) in [6, 6.07) is 0. The Kier molecular flexibility index (Phi) is 4.78. The SMILES string of the molecule is CC(C)CCCN(C)C. The smallest absolute Gasteiger partial charge is 0.00247 e. The van der Waals surface area contributed by atoms with Gasteiger partial charge in [-0.15, -0.1) is 0 Å². The molecule has 1 heteroatoms. The fourth-order valence-corrected chi connectivity index (χ4v) is 0.816. The van der Waals surface area contributed by atoms with Crippen molar-refractivity contribution in [3.8, 4) is 0 Å². The fourth-order valence-electron chi connectivity index (χ4n) is 0.816. The van der Waals surface area contributed by atoms with E-state index in [1.807, 2.05) is 0 Å². The highest BCUT2D eigenvalue weighted by Crippen LogP contribution is 2.02. The first kappa shape index (κ1) is 8.96. The van der Waals surface area contributed by atoms with E-state index < -0.39 is 0 Å². The molecule has 56 valence electrons. The second-order valence-electron chi connectivity index (χ2n) is 3.34. The summed E-state index contributed by atoms with van der Waals surface area (Å²) in [5, 5.41) is 0. The summed E-state index contributed by atoms with van der Waals surface area (Å²) in [4.78, 5) is 2.24. The van der Waals surface area contributed by atoms with Crippen molar-refractivity contribution in [1.82, 2.24) is 4.90 Å². The van der Waals surface area contributed by atoms with E-state index in [4.69, 9.17) is 0 Å². The van der Waals surface area contributed by atoms with Gasteiger partial charge in [0.2, 0.25) is 0 Å². The average molecular weight is 129 g/mol. The Balaban J connectivity index is 2.91. The third kappa shape index (κ3) is 7.96. The van der Waals surface area contributed by atoms with Crippen molar-refractivity contribution in [2.45, 2.75) is 26.7 Å². The number of hydrogen-bond donors (Lipinski definition) is 0. The molecule has 1 nitrogen and oxygen atoms in total. The largest absolute Gasteiger partial charge is 0.309 e. The lowest BCUT2D eigenvalue weighted by Crippen LogP contribution is -2.13. The molecular weight excluding hydrogens is 110 g/mol. The Hall–Kier alpha value is -0.0400. The van der Waals surface area contributed by atoms with Crippen molar-refractivity contribution >= 4 is 0 Å². The normalized spacial score (nSPS) is 11.3. The van der Waals surface area contributed by atoms with Crippen molar-refractivity contribution in [1.29, 1.82) is 0 Å². The third-order valence-electron chi connectivity index (χ3n) is 1.39. The summed E-state index contributed by atoms with van der Waals surface area (Å²) in [7, 11) is 4.25. The molecule has 0 spiro atoms. The molecule has 0 amide bonds. The van der Waals surface area contributed by atoms with Crippen LogP contribution in [0.15, 0.2) is 0 Å². The van der Waals surface area contributed by atoms with Gasteiger partial charge in [-0.1, -0.05) is 13.8 Å². The molecule has 9 heavy (non-hydrogen) atoms. The highest BCUT2D eigenvalue weighted by Gasteiger charge is 1.93. The van der Waals surface area contributed by atoms with Gasteiger partial charge >= 0.3 is 0 Å². The van der Waals surface area contributed by atoms with Gasteiger partial charge in [-0.25, -0.2) is 0 Å². The molecule has 0 aliphatic heterocycles. The van der Waals surface area contributed by atoms with Gasteiger partial charge in [-0.05, 0) is 39.4 Å². The van der Waals surface area contributed by atoms with Crippen molar-refractivity contribution in [3.63, 3.8) is 0 Å². The minimum Gasteiger partial charge on any atom is -0.309 e. The first-order valence-corrected chi connectivity index (χ1v) is 3.77. The maximum atomic E-state index is 2.27. The molecule has 0 rings (SSSR count). The fraction of sp³-hybridized carbons (Fsp3) is 1.00. The minimum absolute atomic E-state index is 0.866. The van der Waals surface area contributed by atoms with E-state index in [0.717, 1.165) is 5.92 Å². The van der Waals surface area contributed by atoms with Gasteiger partial charge < -0.3 is 4.90 Å². The van der Waals surface area contributed by atoms with E-state index in [9.17, 15) is 0 Å². The first-order chi connectivity index (χ1) is 4.13. The van der Waals surface area contributed by atoms with Gasteiger partial charge in [0.15, 0.2) is 0 Å². The van der Waals surface area contributed by atoms with E-state index in [2.05, 4.69) is 32.8 Å². The summed E-state index contributed by atoms with van der Waals surface area (Å²) in [6.07, 6.45) is 2.70. The second-order valence-corrected chi connectivity index (χ2v) is 3.34.